The number of urea groups is 1. The van der Waals surface area contributed by atoms with E-state index in [4.69, 9.17) is 13.6 Å². The van der Waals surface area contributed by atoms with Crippen LogP contribution in [0.3, 0.4) is 0 Å². The van der Waals surface area contributed by atoms with Crippen molar-refractivity contribution in [3.63, 3.8) is 0 Å². The molecular weight excluding hydrogens is 410 g/mol. The Morgan fingerprint density at radius 1 is 1.22 bits per heavy atom. The zero-order chi connectivity index (χ0) is 22.8. The Hall–Kier alpha value is -3.52. The molecule has 1 aromatic carbocycles. The van der Waals surface area contributed by atoms with Gasteiger partial charge in [0.1, 0.15) is 28.9 Å². The number of carbonyl (C=O) groups is 2. The molecule has 0 spiro atoms. The fourth-order valence-electron chi connectivity index (χ4n) is 3.83. The van der Waals surface area contributed by atoms with Crippen LogP contribution >= 0.6 is 0 Å². The van der Waals surface area contributed by atoms with Gasteiger partial charge in [0, 0.05) is 17.6 Å². The summed E-state index contributed by atoms with van der Waals surface area (Å²) in [6, 6.07) is 12.1. The van der Waals surface area contributed by atoms with E-state index in [1.165, 1.54) is 0 Å². The maximum Gasteiger partial charge on any atom is 0.338 e. The zero-order valence-corrected chi connectivity index (χ0v) is 18.6. The quantitative estimate of drug-likeness (QED) is 0.538. The van der Waals surface area contributed by atoms with Crippen LogP contribution in [0, 0.1) is 6.92 Å². The number of amides is 2. The van der Waals surface area contributed by atoms with Crippen molar-refractivity contribution in [1.82, 2.24) is 15.5 Å². The van der Waals surface area contributed by atoms with Crippen molar-refractivity contribution in [3.05, 3.63) is 71.0 Å². The maximum atomic E-state index is 12.9. The smallest absolute Gasteiger partial charge is 0.338 e. The van der Waals surface area contributed by atoms with Gasteiger partial charge in [-0.15, -0.1) is 0 Å². The van der Waals surface area contributed by atoms with E-state index in [0.717, 1.165) is 16.7 Å². The third-order valence-corrected chi connectivity index (χ3v) is 5.62. The van der Waals surface area contributed by atoms with Gasteiger partial charge in [-0.2, -0.15) is 0 Å². The van der Waals surface area contributed by atoms with Crippen molar-refractivity contribution in [2.24, 2.45) is 0 Å². The summed E-state index contributed by atoms with van der Waals surface area (Å²) in [5, 5.41) is 6.59. The van der Waals surface area contributed by atoms with Gasteiger partial charge in [-0.3, -0.25) is 4.90 Å². The summed E-state index contributed by atoms with van der Waals surface area (Å²) >= 11 is 0. The molecular formula is C24H27N3O5. The van der Waals surface area contributed by atoms with E-state index < -0.39 is 18.0 Å². The Morgan fingerprint density at radius 2 is 2.00 bits per heavy atom. The van der Waals surface area contributed by atoms with Gasteiger partial charge in [-0.05, 0) is 52.1 Å². The molecule has 168 valence electrons. The van der Waals surface area contributed by atoms with Crippen LogP contribution in [0.4, 0.5) is 4.79 Å². The molecule has 1 aliphatic rings. The van der Waals surface area contributed by atoms with Crippen molar-refractivity contribution in [2.75, 3.05) is 20.2 Å². The lowest BCUT2D eigenvalue weighted by Gasteiger charge is -2.31. The van der Waals surface area contributed by atoms with E-state index >= 15 is 0 Å². The molecule has 3 heterocycles. The summed E-state index contributed by atoms with van der Waals surface area (Å²) < 4.78 is 17.0. The normalized spacial score (nSPS) is 17.4. The predicted octanol–water partition coefficient (Wildman–Crippen LogP) is 4.20. The van der Waals surface area contributed by atoms with Gasteiger partial charge in [0.15, 0.2) is 0 Å². The van der Waals surface area contributed by atoms with Gasteiger partial charge in [0.05, 0.1) is 18.2 Å². The number of fused-ring (bicyclic) bond motifs is 1. The molecule has 0 aliphatic carbocycles. The van der Waals surface area contributed by atoms with Crippen molar-refractivity contribution in [2.45, 2.75) is 32.9 Å². The van der Waals surface area contributed by atoms with E-state index in [9.17, 15) is 9.59 Å². The number of rotatable bonds is 7. The number of para-hydroxylation sites is 1. The van der Waals surface area contributed by atoms with E-state index in [1.54, 1.807) is 19.1 Å². The lowest BCUT2D eigenvalue weighted by molar-refractivity contribution is -0.139. The number of furan rings is 2. The number of likely N-dealkylation sites (N-methyl/N-ethyl adjacent to an activating group) is 1. The Bertz CT molecular complexity index is 1140. The van der Waals surface area contributed by atoms with Crippen LogP contribution in [0.2, 0.25) is 0 Å². The average Bonchev–Trinajstić information content (AvgIpc) is 3.39. The molecule has 2 unspecified atom stereocenters. The second-order valence-electron chi connectivity index (χ2n) is 7.87. The number of hydrogen-bond acceptors (Lipinski definition) is 6. The monoisotopic (exact) mass is 437 g/mol. The lowest BCUT2D eigenvalue weighted by atomic mass is 9.99. The van der Waals surface area contributed by atoms with Crippen LogP contribution in [-0.2, 0) is 9.53 Å². The van der Waals surface area contributed by atoms with Crippen molar-refractivity contribution >= 4 is 23.0 Å². The molecule has 0 radical (unpaired) electrons. The molecule has 2 N–H and O–H groups in total. The Kier molecular flexibility index (Phi) is 6.05. The van der Waals surface area contributed by atoms with Crippen LogP contribution in [0.25, 0.3) is 11.0 Å². The van der Waals surface area contributed by atoms with Gasteiger partial charge in [0.2, 0.25) is 0 Å². The first-order chi connectivity index (χ1) is 15.4. The molecule has 0 saturated heterocycles. The topological polar surface area (TPSA) is 97.0 Å². The minimum Gasteiger partial charge on any atom is -0.464 e. The van der Waals surface area contributed by atoms with Gasteiger partial charge >= 0.3 is 12.0 Å². The highest BCUT2D eigenvalue weighted by Crippen LogP contribution is 2.31. The summed E-state index contributed by atoms with van der Waals surface area (Å²) in [6.07, 6.45) is 0. The second-order valence-corrected chi connectivity index (χ2v) is 7.87. The Labute approximate surface area is 186 Å². The molecule has 8 heteroatoms. The standard InChI is InChI=1S/C24H27N3O5/c1-5-30-23(28)21-17(25-24(29)26-22(21)19-11-10-14(2)31-19)13-27(4)15(3)20-12-16-8-6-7-9-18(16)32-20/h6-12,15,22H,5,13H2,1-4H3,(H2,25,26,29). The maximum absolute atomic E-state index is 12.9. The predicted molar refractivity (Wildman–Crippen MR) is 119 cm³/mol. The molecule has 0 bridgehead atoms. The highest BCUT2D eigenvalue weighted by Gasteiger charge is 2.36. The summed E-state index contributed by atoms with van der Waals surface area (Å²) in [7, 11) is 1.91. The SMILES string of the molecule is CCOC(=O)C1=C(CN(C)C(C)c2cc3ccccc3o2)NC(=O)NC1c1ccc(C)o1. The fraction of sp³-hybridized carbons (Fsp3) is 0.333. The van der Waals surface area contributed by atoms with Crippen LogP contribution in [-0.4, -0.2) is 37.1 Å². The minimum atomic E-state index is -0.735. The fourth-order valence-corrected chi connectivity index (χ4v) is 3.83. The number of esters is 1. The van der Waals surface area contributed by atoms with Crippen LogP contribution in [0.5, 0.6) is 0 Å². The summed E-state index contributed by atoms with van der Waals surface area (Å²) in [4.78, 5) is 27.3. The van der Waals surface area contributed by atoms with E-state index in [1.807, 2.05) is 56.1 Å². The first-order valence-electron chi connectivity index (χ1n) is 10.6. The number of nitrogens with zero attached hydrogens (tertiary/aromatic N) is 1. The third-order valence-electron chi connectivity index (χ3n) is 5.62. The highest BCUT2D eigenvalue weighted by atomic mass is 16.5. The van der Waals surface area contributed by atoms with E-state index in [2.05, 4.69) is 10.6 Å². The van der Waals surface area contributed by atoms with Crippen molar-refractivity contribution in [1.29, 1.82) is 0 Å². The molecule has 2 aromatic heterocycles. The number of nitrogens with one attached hydrogen (secondary N) is 2. The van der Waals surface area contributed by atoms with E-state index in [-0.39, 0.29) is 12.6 Å². The summed E-state index contributed by atoms with van der Waals surface area (Å²) in [6.45, 7) is 6.09. The first-order valence-corrected chi connectivity index (χ1v) is 10.6. The van der Waals surface area contributed by atoms with Crippen LogP contribution in [0.15, 0.2) is 62.6 Å². The molecule has 3 aromatic rings. The third kappa shape index (κ3) is 4.27. The molecule has 1 aliphatic heterocycles. The van der Waals surface area contributed by atoms with Crippen LogP contribution in [0.1, 0.15) is 43.2 Å². The number of benzene rings is 1. The van der Waals surface area contributed by atoms with Gasteiger partial charge in [0.25, 0.3) is 0 Å². The largest absolute Gasteiger partial charge is 0.464 e. The second kappa shape index (κ2) is 8.92. The van der Waals surface area contributed by atoms with Crippen molar-refractivity contribution < 1.29 is 23.2 Å². The Morgan fingerprint density at radius 3 is 2.69 bits per heavy atom. The minimum absolute atomic E-state index is 0.102. The molecule has 0 saturated carbocycles. The summed E-state index contributed by atoms with van der Waals surface area (Å²) in [5.41, 5.74) is 1.61. The van der Waals surface area contributed by atoms with Gasteiger partial charge in [-0.25, -0.2) is 9.59 Å². The summed E-state index contributed by atoms with van der Waals surface area (Å²) in [5.74, 6) is 1.46. The van der Waals surface area contributed by atoms with Crippen molar-refractivity contribution in [3.8, 4) is 0 Å². The van der Waals surface area contributed by atoms with Crippen LogP contribution < -0.4 is 10.6 Å². The zero-order valence-electron chi connectivity index (χ0n) is 18.6. The molecule has 2 atom stereocenters. The molecule has 4 rings (SSSR count). The van der Waals surface area contributed by atoms with E-state index in [0.29, 0.717) is 29.3 Å². The Balaban J connectivity index is 1.66. The molecule has 8 nitrogen and oxygen atoms in total. The molecule has 0 fully saturated rings. The highest BCUT2D eigenvalue weighted by molar-refractivity contribution is 5.95. The average molecular weight is 437 g/mol. The molecule has 32 heavy (non-hydrogen) atoms. The first kappa shape index (κ1) is 21.7. The number of hydrogen-bond donors (Lipinski definition) is 2. The lowest BCUT2D eigenvalue weighted by Crippen LogP contribution is -2.48. The number of aryl methyl sites for hydroxylation is 1. The number of ether oxygens (including phenoxy) is 1. The van der Waals surface area contributed by atoms with Gasteiger partial charge < -0.3 is 24.2 Å². The molecule has 2 amide bonds. The number of carbonyl (C=O) groups excluding carboxylic acids is 2. The van der Waals surface area contributed by atoms with Gasteiger partial charge in [-0.1, -0.05) is 18.2 Å².